The van der Waals surface area contributed by atoms with Gasteiger partial charge < -0.3 is 19.9 Å². The van der Waals surface area contributed by atoms with Gasteiger partial charge in [-0.15, -0.1) is 11.3 Å². The van der Waals surface area contributed by atoms with Crippen molar-refractivity contribution in [2.24, 2.45) is 0 Å². The summed E-state index contributed by atoms with van der Waals surface area (Å²) in [6, 6.07) is 12.4. The fraction of sp³-hybridized carbons (Fsp3) is 0.214. The zero-order chi connectivity index (χ0) is 26.4. The van der Waals surface area contributed by atoms with Crippen molar-refractivity contribution in [1.82, 2.24) is 25.4 Å². The lowest BCUT2D eigenvalue weighted by Gasteiger charge is -2.32. The van der Waals surface area contributed by atoms with Crippen molar-refractivity contribution < 1.29 is 19.1 Å². The van der Waals surface area contributed by atoms with Crippen molar-refractivity contribution in [2.75, 3.05) is 20.7 Å². The first-order chi connectivity index (χ1) is 18.4. The smallest absolute Gasteiger partial charge is 0.322 e. The van der Waals surface area contributed by atoms with Crippen LogP contribution in [0.4, 0.5) is 4.79 Å². The maximum atomic E-state index is 13.2. The van der Waals surface area contributed by atoms with Crippen LogP contribution in [0.2, 0.25) is 0 Å². The average molecular weight is 528 g/mol. The molecular formula is C28H25N5O4S. The number of likely N-dealkylation sites (N-methyl/N-ethyl adjacent to an activating group) is 1. The number of thiazole rings is 1. The van der Waals surface area contributed by atoms with Gasteiger partial charge in [0.05, 0.1) is 19.7 Å². The molecule has 1 aromatic heterocycles. The number of imide groups is 1. The van der Waals surface area contributed by atoms with Gasteiger partial charge in [0.15, 0.2) is 5.54 Å². The van der Waals surface area contributed by atoms with E-state index in [1.807, 2.05) is 42.8 Å². The van der Waals surface area contributed by atoms with Crippen molar-refractivity contribution in [3.8, 4) is 5.75 Å². The van der Waals surface area contributed by atoms with Crippen molar-refractivity contribution in [3.63, 3.8) is 0 Å². The molecule has 2 N–H and O–H groups in total. The first kappa shape index (κ1) is 23.9. The Labute approximate surface area is 223 Å². The van der Waals surface area contributed by atoms with Crippen LogP contribution < -0.4 is 15.4 Å². The molecule has 6 rings (SSSR count). The molecule has 3 aliphatic heterocycles. The van der Waals surface area contributed by atoms with E-state index in [2.05, 4.69) is 38.9 Å². The average Bonchev–Trinajstić information content (AvgIpc) is 3.63. The standard InChI is InChI=1S/C28H25N5O4S/c1-32-14-19(24-29-11-12-38-24)6-10-23(32)17-3-7-20(8-4-17)28(26(35)30-27(36)31-28)16-33-15-18-5-9-21(37-2)13-22(18)25(33)34/h3-14,23H,15-16H2,1-2H3,(H2,30,31,35,36)/t23?,28-/m1/s1. The number of amides is 4. The molecule has 4 amide bonds. The number of fused-ring (bicyclic) bond motifs is 1. The summed E-state index contributed by atoms with van der Waals surface area (Å²) in [4.78, 5) is 46.8. The molecule has 1 saturated heterocycles. The van der Waals surface area contributed by atoms with Gasteiger partial charge in [0.1, 0.15) is 10.8 Å². The number of ether oxygens (including phenoxy) is 1. The molecule has 0 aliphatic carbocycles. The molecule has 0 bridgehead atoms. The SMILES string of the molecule is COc1ccc2c(c1)C(=O)N(C[C@]1(c3ccc(C4C=CC(c5nccs5)=CN4C)cc3)NC(=O)NC1=O)C2. The summed E-state index contributed by atoms with van der Waals surface area (Å²) in [5.41, 5.74) is 2.67. The zero-order valence-corrected chi connectivity index (χ0v) is 21.6. The molecule has 10 heteroatoms. The van der Waals surface area contributed by atoms with E-state index in [1.165, 1.54) is 0 Å². The third-order valence-electron chi connectivity index (χ3n) is 7.23. The molecule has 1 unspecified atom stereocenters. The Morgan fingerprint density at radius 1 is 1.16 bits per heavy atom. The van der Waals surface area contributed by atoms with Gasteiger partial charge in [-0.3, -0.25) is 14.9 Å². The van der Waals surface area contributed by atoms with Crippen LogP contribution in [-0.2, 0) is 16.9 Å². The van der Waals surface area contributed by atoms with Crippen LogP contribution in [0.15, 0.2) is 72.4 Å². The van der Waals surface area contributed by atoms with Gasteiger partial charge in [-0.2, -0.15) is 0 Å². The first-order valence-corrected chi connectivity index (χ1v) is 13.0. The van der Waals surface area contributed by atoms with E-state index in [9.17, 15) is 14.4 Å². The molecule has 2 aromatic carbocycles. The molecular weight excluding hydrogens is 502 g/mol. The van der Waals surface area contributed by atoms with Gasteiger partial charge in [-0.05, 0) is 28.8 Å². The maximum absolute atomic E-state index is 13.2. The number of rotatable bonds is 6. The molecule has 0 spiro atoms. The van der Waals surface area contributed by atoms with Crippen LogP contribution in [0.25, 0.3) is 5.57 Å². The number of hydrogen-bond donors (Lipinski definition) is 2. The highest BCUT2D eigenvalue weighted by Gasteiger charge is 2.50. The normalized spacial score (nSPS) is 22.3. The van der Waals surface area contributed by atoms with Gasteiger partial charge in [-0.25, -0.2) is 9.78 Å². The summed E-state index contributed by atoms with van der Waals surface area (Å²) in [5, 5.41) is 8.07. The fourth-order valence-corrected chi connectivity index (χ4v) is 5.88. The lowest BCUT2D eigenvalue weighted by Crippen LogP contribution is -2.52. The molecule has 0 radical (unpaired) electrons. The van der Waals surface area contributed by atoms with E-state index in [1.54, 1.807) is 41.7 Å². The van der Waals surface area contributed by atoms with Gasteiger partial charge >= 0.3 is 6.03 Å². The fourth-order valence-electron chi connectivity index (χ4n) is 5.26. The highest BCUT2D eigenvalue weighted by Crippen LogP contribution is 2.35. The topological polar surface area (TPSA) is 104 Å². The Morgan fingerprint density at radius 3 is 2.63 bits per heavy atom. The van der Waals surface area contributed by atoms with Crippen LogP contribution in [0.3, 0.4) is 0 Å². The summed E-state index contributed by atoms with van der Waals surface area (Å²) < 4.78 is 5.26. The van der Waals surface area contributed by atoms with Crippen molar-refractivity contribution in [1.29, 1.82) is 0 Å². The second-order valence-electron chi connectivity index (χ2n) is 9.51. The largest absolute Gasteiger partial charge is 0.497 e. The molecule has 0 saturated carbocycles. The molecule has 2 atom stereocenters. The number of carbonyl (C=O) groups excluding carboxylic acids is 3. The molecule has 9 nitrogen and oxygen atoms in total. The van der Waals surface area contributed by atoms with Crippen LogP contribution in [0.1, 0.15) is 38.1 Å². The number of aromatic nitrogens is 1. The molecule has 3 aromatic rings. The number of methoxy groups -OCH3 is 1. The van der Waals surface area contributed by atoms with Crippen molar-refractivity contribution in [3.05, 3.63) is 99.7 Å². The number of hydrogen-bond acceptors (Lipinski definition) is 7. The lowest BCUT2D eigenvalue weighted by atomic mass is 9.87. The minimum Gasteiger partial charge on any atom is -0.497 e. The Bertz CT molecular complexity index is 1500. The second kappa shape index (κ2) is 9.14. The van der Waals surface area contributed by atoms with E-state index < -0.39 is 17.5 Å². The van der Waals surface area contributed by atoms with Crippen molar-refractivity contribution in [2.45, 2.75) is 18.1 Å². The molecule has 1 fully saturated rings. The number of benzene rings is 2. The number of carbonyl (C=O) groups is 3. The highest BCUT2D eigenvalue weighted by atomic mass is 32.1. The summed E-state index contributed by atoms with van der Waals surface area (Å²) in [6.45, 7) is 0.343. The number of allylic oxidation sites excluding steroid dienone is 2. The third-order valence-corrected chi connectivity index (χ3v) is 8.05. The summed E-state index contributed by atoms with van der Waals surface area (Å²) >= 11 is 1.59. The van der Waals surface area contributed by atoms with E-state index >= 15 is 0 Å². The van der Waals surface area contributed by atoms with Crippen LogP contribution in [-0.4, -0.2) is 53.3 Å². The Balaban J connectivity index is 1.26. The molecule has 4 heterocycles. The predicted octanol–water partition coefficient (Wildman–Crippen LogP) is 3.43. The number of urea groups is 1. The quantitative estimate of drug-likeness (QED) is 0.476. The highest BCUT2D eigenvalue weighted by molar-refractivity contribution is 7.10. The molecule has 192 valence electrons. The summed E-state index contributed by atoms with van der Waals surface area (Å²) in [5.74, 6) is -0.102. The summed E-state index contributed by atoms with van der Waals surface area (Å²) in [6.07, 6.45) is 8.03. The van der Waals surface area contributed by atoms with E-state index in [0.717, 1.165) is 21.7 Å². The van der Waals surface area contributed by atoms with E-state index in [4.69, 9.17) is 4.74 Å². The Morgan fingerprint density at radius 2 is 1.97 bits per heavy atom. The number of nitrogens with zero attached hydrogens (tertiary/aromatic N) is 3. The maximum Gasteiger partial charge on any atom is 0.322 e. The number of nitrogens with one attached hydrogen (secondary N) is 2. The summed E-state index contributed by atoms with van der Waals surface area (Å²) in [7, 11) is 3.56. The third kappa shape index (κ3) is 3.93. The minimum atomic E-state index is -1.40. The minimum absolute atomic E-state index is 0.000322. The molecule has 38 heavy (non-hydrogen) atoms. The monoisotopic (exact) mass is 527 g/mol. The van der Waals surface area contributed by atoms with Gasteiger partial charge in [0, 0.05) is 42.5 Å². The first-order valence-electron chi connectivity index (χ1n) is 12.1. The van der Waals surface area contributed by atoms with Crippen LogP contribution in [0.5, 0.6) is 5.75 Å². The van der Waals surface area contributed by atoms with Gasteiger partial charge in [0.2, 0.25) is 0 Å². The lowest BCUT2D eigenvalue weighted by molar-refractivity contribution is -0.124. The van der Waals surface area contributed by atoms with Crippen LogP contribution >= 0.6 is 11.3 Å². The van der Waals surface area contributed by atoms with E-state index in [0.29, 0.717) is 23.4 Å². The van der Waals surface area contributed by atoms with Gasteiger partial charge in [0.25, 0.3) is 11.8 Å². The predicted molar refractivity (Wildman–Crippen MR) is 142 cm³/mol. The van der Waals surface area contributed by atoms with Crippen molar-refractivity contribution >= 4 is 34.8 Å². The Hall–Kier alpha value is -4.44. The van der Waals surface area contributed by atoms with Gasteiger partial charge in [-0.1, -0.05) is 42.5 Å². The zero-order valence-electron chi connectivity index (χ0n) is 20.8. The Kier molecular flexibility index (Phi) is 5.76. The van der Waals surface area contributed by atoms with E-state index in [-0.39, 0.29) is 18.5 Å². The molecule has 3 aliphatic rings. The van der Waals surface area contributed by atoms with Crippen LogP contribution in [0, 0.1) is 0 Å². The second-order valence-corrected chi connectivity index (χ2v) is 10.4.